The van der Waals surface area contributed by atoms with E-state index in [1.807, 2.05) is 0 Å². The van der Waals surface area contributed by atoms with E-state index in [-0.39, 0.29) is 12.6 Å². The van der Waals surface area contributed by atoms with Gasteiger partial charge in [-0.3, -0.25) is 0 Å². The zero-order valence-electron chi connectivity index (χ0n) is 8.39. The Bertz CT molecular complexity index is 145. The van der Waals surface area contributed by atoms with Crippen LogP contribution in [0.15, 0.2) is 0 Å². The summed E-state index contributed by atoms with van der Waals surface area (Å²) >= 11 is 5.40. The summed E-state index contributed by atoms with van der Waals surface area (Å²) in [6.45, 7) is 1.43. The SMILES string of the molecule is O=C(NCCCl)NCCCCCCO. The largest absolute Gasteiger partial charge is 0.396 e. The number of aliphatic hydroxyl groups is 1. The molecule has 0 saturated carbocycles. The number of urea groups is 1. The summed E-state index contributed by atoms with van der Waals surface area (Å²) in [5.41, 5.74) is 0. The molecule has 0 rings (SSSR count). The molecule has 0 aliphatic carbocycles. The third-order valence-corrected chi connectivity index (χ3v) is 1.94. The second-order valence-corrected chi connectivity index (χ2v) is 3.39. The number of aliphatic hydroxyl groups excluding tert-OH is 1. The molecule has 0 saturated heterocycles. The smallest absolute Gasteiger partial charge is 0.314 e. The van der Waals surface area contributed by atoms with E-state index in [1.54, 1.807) is 0 Å². The molecule has 0 aromatic heterocycles. The Morgan fingerprint density at radius 2 is 1.71 bits per heavy atom. The lowest BCUT2D eigenvalue weighted by Crippen LogP contribution is -2.36. The Labute approximate surface area is 90.0 Å². The van der Waals surface area contributed by atoms with E-state index < -0.39 is 0 Å². The third kappa shape index (κ3) is 9.61. The quantitative estimate of drug-likeness (QED) is 0.425. The molecule has 0 aromatic carbocycles. The van der Waals surface area contributed by atoms with Gasteiger partial charge in [-0.05, 0) is 12.8 Å². The lowest BCUT2D eigenvalue weighted by Gasteiger charge is -2.05. The van der Waals surface area contributed by atoms with E-state index in [9.17, 15) is 4.79 Å². The van der Waals surface area contributed by atoms with Gasteiger partial charge in [0.05, 0.1) is 0 Å². The molecule has 0 unspecified atom stereocenters. The van der Waals surface area contributed by atoms with Gasteiger partial charge in [-0.15, -0.1) is 11.6 Å². The first-order chi connectivity index (χ1) is 6.81. The van der Waals surface area contributed by atoms with Gasteiger partial charge in [-0.2, -0.15) is 0 Å². The van der Waals surface area contributed by atoms with Crippen molar-refractivity contribution in [2.24, 2.45) is 0 Å². The molecule has 0 aliphatic heterocycles. The van der Waals surface area contributed by atoms with Crippen LogP contribution in [0.3, 0.4) is 0 Å². The zero-order valence-corrected chi connectivity index (χ0v) is 9.15. The van der Waals surface area contributed by atoms with Gasteiger partial charge in [-0.1, -0.05) is 12.8 Å². The Hall–Kier alpha value is -0.480. The van der Waals surface area contributed by atoms with Crippen molar-refractivity contribution in [1.82, 2.24) is 10.6 Å². The maximum Gasteiger partial charge on any atom is 0.314 e. The van der Waals surface area contributed by atoms with Crippen molar-refractivity contribution in [2.75, 3.05) is 25.6 Å². The van der Waals surface area contributed by atoms with Crippen LogP contribution in [0.5, 0.6) is 0 Å². The molecule has 3 N–H and O–H groups in total. The molecule has 14 heavy (non-hydrogen) atoms. The molecule has 0 radical (unpaired) electrons. The molecule has 0 fully saturated rings. The van der Waals surface area contributed by atoms with Crippen LogP contribution in [-0.2, 0) is 0 Å². The highest BCUT2D eigenvalue weighted by Gasteiger charge is 1.96. The molecular weight excluding hydrogens is 204 g/mol. The van der Waals surface area contributed by atoms with Crippen molar-refractivity contribution in [2.45, 2.75) is 25.7 Å². The van der Waals surface area contributed by atoms with E-state index in [2.05, 4.69) is 10.6 Å². The highest BCUT2D eigenvalue weighted by Crippen LogP contribution is 1.97. The number of unbranched alkanes of at least 4 members (excludes halogenated alkanes) is 3. The van der Waals surface area contributed by atoms with Crippen LogP contribution in [0.4, 0.5) is 4.79 Å². The normalized spacial score (nSPS) is 9.86. The van der Waals surface area contributed by atoms with E-state index in [1.165, 1.54) is 0 Å². The van der Waals surface area contributed by atoms with Crippen LogP contribution in [-0.4, -0.2) is 36.7 Å². The summed E-state index contributed by atoms with van der Waals surface area (Å²) in [6.07, 6.45) is 3.85. The first-order valence-corrected chi connectivity index (χ1v) is 5.53. The van der Waals surface area contributed by atoms with Gasteiger partial charge in [0.25, 0.3) is 0 Å². The number of alkyl halides is 1. The van der Waals surface area contributed by atoms with Crippen molar-refractivity contribution in [3.63, 3.8) is 0 Å². The van der Waals surface area contributed by atoms with Gasteiger partial charge < -0.3 is 15.7 Å². The average Bonchev–Trinajstić information content (AvgIpc) is 2.20. The Kier molecular flexibility index (Phi) is 10.2. The molecule has 0 heterocycles. The summed E-state index contributed by atoms with van der Waals surface area (Å²) in [6, 6.07) is -0.159. The standard InChI is InChI=1S/C9H19ClN2O2/c10-5-7-12-9(14)11-6-3-1-2-4-8-13/h13H,1-8H2,(H2,11,12,14). The highest BCUT2D eigenvalue weighted by atomic mass is 35.5. The van der Waals surface area contributed by atoms with Crippen LogP contribution in [0.25, 0.3) is 0 Å². The van der Waals surface area contributed by atoms with E-state index in [0.717, 1.165) is 25.7 Å². The monoisotopic (exact) mass is 222 g/mol. The number of rotatable bonds is 8. The fraction of sp³-hybridized carbons (Fsp3) is 0.889. The van der Waals surface area contributed by atoms with Gasteiger partial charge in [0.15, 0.2) is 0 Å². The Balaban J connectivity index is 3.07. The van der Waals surface area contributed by atoms with Crippen LogP contribution in [0.1, 0.15) is 25.7 Å². The molecule has 0 atom stereocenters. The zero-order chi connectivity index (χ0) is 10.6. The number of hydrogen-bond acceptors (Lipinski definition) is 2. The van der Waals surface area contributed by atoms with Crippen LogP contribution in [0, 0.1) is 0 Å². The molecule has 0 aliphatic rings. The van der Waals surface area contributed by atoms with Crippen molar-refractivity contribution < 1.29 is 9.90 Å². The van der Waals surface area contributed by atoms with Crippen LogP contribution in [0.2, 0.25) is 0 Å². The topological polar surface area (TPSA) is 61.4 Å². The summed E-state index contributed by atoms with van der Waals surface area (Å²) < 4.78 is 0. The van der Waals surface area contributed by atoms with Gasteiger partial charge in [0.1, 0.15) is 0 Å². The predicted molar refractivity (Wildman–Crippen MR) is 57.7 cm³/mol. The van der Waals surface area contributed by atoms with Crippen molar-refractivity contribution in [1.29, 1.82) is 0 Å². The average molecular weight is 223 g/mol. The number of amides is 2. The fourth-order valence-electron chi connectivity index (χ4n) is 1.02. The first kappa shape index (κ1) is 13.5. The Morgan fingerprint density at radius 1 is 1.07 bits per heavy atom. The summed E-state index contributed by atoms with van der Waals surface area (Å²) in [5.74, 6) is 0.434. The molecule has 0 aromatic rings. The van der Waals surface area contributed by atoms with Gasteiger partial charge in [-0.25, -0.2) is 4.79 Å². The highest BCUT2D eigenvalue weighted by molar-refractivity contribution is 6.18. The summed E-state index contributed by atoms with van der Waals surface area (Å²) in [4.78, 5) is 11.0. The fourth-order valence-corrected chi connectivity index (χ4v) is 1.11. The number of nitrogens with one attached hydrogen (secondary N) is 2. The molecule has 2 amide bonds. The van der Waals surface area contributed by atoms with Crippen molar-refractivity contribution >= 4 is 17.6 Å². The minimum Gasteiger partial charge on any atom is -0.396 e. The maximum absolute atomic E-state index is 11.0. The predicted octanol–water partition coefficient (Wildman–Crippen LogP) is 1.08. The minimum atomic E-state index is -0.159. The first-order valence-electron chi connectivity index (χ1n) is 4.99. The van der Waals surface area contributed by atoms with Gasteiger partial charge in [0, 0.05) is 25.6 Å². The number of hydrogen-bond donors (Lipinski definition) is 3. The van der Waals surface area contributed by atoms with Crippen molar-refractivity contribution in [3.8, 4) is 0 Å². The second kappa shape index (κ2) is 10.6. The molecule has 4 nitrogen and oxygen atoms in total. The molecule has 5 heteroatoms. The van der Waals surface area contributed by atoms with Gasteiger partial charge in [0.2, 0.25) is 0 Å². The van der Waals surface area contributed by atoms with E-state index in [0.29, 0.717) is 19.0 Å². The molecule has 0 bridgehead atoms. The van der Waals surface area contributed by atoms with Crippen LogP contribution < -0.4 is 10.6 Å². The number of halogens is 1. The van der Waals surface area contributed by atoms with E-state index in [4.69, 9.17) is 16.7 Å². The Morgan fingerprint density at radius 3 is 2.36 bits per heavy atom. The third-order valence-electron chi connectivity index (χ3n) is 1.75. The summed E-state index contributed by atoms with van der Waals surface area (Å²) in [7, 11) is 0. The van der Waals surface area contributed by atoms with Crippen molar-refractivity contribution in [3.05, 3.63) is 0 Å². The van der Waals surface area contributed by atoms with Gasteiger partial charge >= 0.3 is 6.03 Å². The van der Waals surface area contributed by atoms with E-state index >= 15 is 0 Å². The minimum absolute atomic E-state index is 0.159. The number of carbonyl (C=O) groups excluding carboxylic acids is 1. The lowest BCUT2D eigenvalue weighted by atomic mass is 10.2. The maximum atomic E-state index is 11.0. The number of carbonyl (C=O) groups is 1. The lowest BCUT2D eigenvalue weighted by molar-refractivity contribution is 0.241. The molecule has 84 valence electrons. The molecular formula is C9H19ClN2O2. The summed E-state index contributed by atoms with van der Waals surface area (Å²) in [5, 5.41) is 13.9. The second-order valence-electron chi connectivity index (χ2n) is 3.01. The van der Waals surface area contributed by atoms with Crippen LogP contribution >= 0.6 is 11.6 Å². The molecule has 0 spiro atoms.